The van der Waals surface area contributed by atoms with Gasteiger partial charge in [0, 0.05) is 6.54 Å². The summed E-state index contributed by atoms with van der Waals surface area (Å²) in [5, 5.41) is 7.89. The molecule has 1 atom stereocenters. The van der Waals surface area contributed by atoms with E-state index < -0.39 is 0 Å². The summed E-state index contributed by atoms with van der Waals surface area (Å²) in [7, 11) is 0. The van der Waals surface area contributed by atoms with Crippen molar-refractivity contribution in [3.63, 3.8) is 0 Å². The predicted octanol–water partition coefficient (Wildman–Crippen LogP) is 4.66. The molecule has 0 aliphatic rings. The van der Waals surface area contributed by atoms with Crippen LogP contribution in [-0.2, 0) is 6.54 Å². The van der Waals surface area contributed by atoms with Crippen molar-refractivity contribution >= 4 is 31.9 Å². The van der Waals surface area contributed by atoms with Crippen LogP contribution in [0.2, 0.25) is 0 Å². The van der Waals surface area contributed by atoms with Gasteiger partial charge >= 0.3 is 0 Å². The average molecular weight is 419 g/mol. The molecule has 0 spiro atoms. The van der Waals surface area contributed by atoms with E-state index in [1.54, 1.807) is 6.20 Å². The van der Waals surface area contributed by atoms with E-state index in [0.717, 1.165) is 35.2 Å². The first-order valence-electron chi connectivity index (χ1n) is 6.98. The van der Waals surface area contributed by atoms with Gasteiger partial charge in [0.1, 0.15) is 5.82 Å². The molecule has 21 heavy (non-hydrogen) atoms. The first kappa shape index (κ1) is 16.6. The Balaban J connectivity index is 2.46. The number of hydrogen-bond acceptors (Lipinski definition) is 2. The minimum absolute atomic E-state index is 0.0290. The molecule has 1 N–H and O–H groups in total. The van der Waals surface area contributed by atoms with Crippen molar-refractivity contribution < 1.29 is 4.39 Å². The summed E-state index contributed by atoms with van der Waals surface area (Å²) in [6.45, 7) is 5.84. The molecule has 1 aromatic heterocycles. The summed E-state index contributed by atoms with van der Waals surface area (Å²) < 4.78 is 16.9. The molecule has 0 saturated carbocycles. The number of aryl methyl sites for hydroxylation is 1. The lowest BCUT2D eigenvalue weighted by Crippen LogP contribution is -2.26. The first-order chi connectivity index (χ1) is 10.1. The van der Waals surface area contributed by atoms with Crippen molar-refractivity contribution in [1.82, 2.24) is 15.1 Å². The van der Waals surface area contributed by atoms with Gasteiger partial charge in [-0.25, -0.2) is 4.39 Å². The quantitative estimate of drug-likeness (QED) is 0.739. The molecule has 1 heterocycles. The largest absolute Gasteiger partial charge is 0.305 e. The van der Waals surface area contributed by atoms with Crippen molar-refractivity contribution in [2.24, 2.45) is 0 Å². The highest BCUT2D eigenvalue weighted by Gasteiger charge is 2.21. The molecule has 6 heteroatoms. The van der Waals surface area contributed by atoms with E-state index in [1.165, 1.54) is 6.07 Å². The van der Waals surface area contributed by atoms with E-state index in [4.69, 9.17) is 0 Å². The zero-order chi connectivity index (χ0) is 15.4. The fraction of sp³-hybridized carbons (Fsp3) is 0.400. The van der Waals surface area contributed by atoms with Crippen LogP contribution in [0, 0.1) is 5.82 Å². The maximum Gasteiger partial charge on any atom is 0.137 e. The summed E-state index contributed by atoms with van der Waals surface area (Å²) >= 11 is 6.83. The van der Waals surface area contributed by atoms with Crippen LogP contribution in [0.3, 0.4) is 0 Å². The molecule has 0 aliphatic heterocycles. The maximum atomic E-state index is 13.5. The monoisotopic (exact) mass is 417 g/mol. The number of aromatic nitrogens is 2. The van der Waals surface area contributed by atoms with Crippen LogP contribution in [0.15, 0.2) is 33.3 Å². The molecule has 0 bridgehead atoms. The first-order valence-corrected chi connectivity index (χ1v) is 8.56. The van der Waals surface area contributed by atoms with Crippen LogP contribution in [0.4, 0.5) is 4.39 Å². The summed E-state index contributed by atoms with van der Waals surface area (Å²) in [5.41, 5.74) is 2.07. The van der Waals surface area contributed by atoms with Crippen molar-refractivity contribution in [2.75, 3.05) is 6.54 Å². The van der Waals surface area contributed by atoms with Gasteiger partial charge in [0.15, 0.2) is 0 Å². The number of benzene rings is 1. The van der Waals surface area contributed by atoms with E-state index in [2.05, 4.69) is 56.1 Å². The van der Waals surface area contributed by atoms with Gasteiger partial charge in [-0.05, 0) is 69.4 Å². The van der Waals surface area contributed by atoms with E-state index >= 15 is 0 Å². The Bertz CT molecular complexity index is 613. The molecule has 0 amide bonds. The minimum atomic E-state index is -0.254. The second-order valence-corrected chi connectivity index (χ2v) is 6.46. The molecular weight excluding hydrogens is 401 g/mol. The lowest BCUT2D eigenvalue weighted by Gasteiger charge is -2.21. The highest BCUT2D eigenvalue weighted by atomic mass is 79.9. The number of rotatable bonds is 6. The molecule has 0 saturated heterocycles. The second-order valence-electron chi connectivity index (χ2n) is 4.75. The Morgan fingerprint density at radius 3 is 2.67 bits per heavy atom. The van der Waals surface area contributed by atoms with Gasteiger partial charge < -0.3 is 5.32 Å². The summed E-state index contributed by atoms with van der Waals surface area (Å²) in [4.78, 5) is 0. The number of nitrogens with one attached hydrogen (secondary N) is 1. The van der Waals surface area contributed by atoms with E-state index in [0.29, 0.717) is 4.47 Å². The second kappa shape index (κ2) is 7.51. The molecule has 114 valence electrons. The van der Waals surface area contributed by atoms with Gasteiger partial charge in [-0.2, -0.15) is 5.10 Å². The van der Waals surface area contributed by atoms with E-state index in [-0.39, 0.29) is 11.9 Å². The standard InChI is InChI=1S/C15H18Br2FN3/c1-3-7-19-14(10-5-6-13(18)11(16)8-10)15-12(17)9-20-21(15)4-2/h5-6,8-9,14,19H,3-4,7H2,1-2H3. The van der Waals surface area contributed by atoms with E-state index in [1.807, 2.05) is 16.8 Å². The lowest BCUT2D eigenvalue weighted by molar-refractivity contribution is 0.526. The van der Waals surface area contributed by atoms with Gasteiger partial charge in [0.2, 0.25) is 0 Å². The summed E-state index contributed by atoms with van der Waals surface area (Å²) in [6.07, 6.45) is 2.83. The van der Waals surface area contributed by atoms with Crippen LogP contribution >= 0.6 is 31.9 Å². The Hall–Kier alpha value is -0.720. The molecule has 2 aromatic rings. The normalized spacial score (nSPS) is 12.6. The summed E-state index contributed by atoms with van der Waals surface area (Å²) in [5.74, 6) is -0.254. The molecule has 1 aromatic carbocycles. The zero-order valence-corrected chi connectivity index (χ0v) is 15.2. The molecular formula is C15H18Br2FN3. The Labute approximate surface area is 141 Å². The van der Waals surface area contributed by atoms with Gasteiger partial charge in [0.25, 0.3) is 0 Å². The van der Waals surface area contributed by atoms with Gasteiger partial charge in [-0.1, -0.05) is 13.0 Å². The third kappa shape index (κ3) is 3.73. The Morgan fingerprint density at radius 1 is 1.29 bits per heavy atom. The average Bonchev–Trinajstić information content (AvgIpc) is 2.84. The molecule has 1 unspecified atom stereocenters. The predicted molar refractivity (Wildman–Crippen MR) is 89.8 cm³/mol. The highest BCUT2D eigenvalue weighted by molar-refractivity contribution is 9.10. The van der Waals surface area contributed by atoms with E-state index in [9.17, 15) is 4.39 Å². The number of nitrogens with zero attached hydrogens (tertiary/aromatic N) is 2. The fourth-order valence-electron chi connectivity index (χ4n) is 2.26. The minimum Gasteiger partial charge on any atom is -0.305 e. The molecule has 3 nitrogen and oxygen atoms in total. The lowest BCUT2D eigenvalue weighted by atomic mass is 10.0. The SMILES string of the molecule is CCCNC(c1ccc(F)c(Br)c1)c1c(Br)cnn1CC. The summed E-state index contributed by atoms with van der Waals surface area (Å²) in [6, 6.07) is 5.09. The van der Waals surface area contributed by atoms with Crippen LogP contribution in [0.5, 0.6) is 0 Å². The Kier molecular flexibility index (Phi) is 5.96. The molecule has 0 radical (unpaired) electrons. The number of halogens is 3. The molecule has 2 rings (SSSR count). The topological polar surface area (TPSA) is 29.9 Å². The zero-order valence-electron chi connectivity index (χ0n) is 12.0. The van der Waals surface area contributed by atoms with Crippen LogP contribution in [0.1, 0.15) is 37.6 Å². The van der Waals surface area contributed by atoms with Crippen molar-refractivity contribution in [3.05, 3.63) is 50.4 Å². The Morgan fingerprint density at radius 2 is 2.05 bits per heavy atom. The number of hydrogen-bond donors (Lipinski definition) is 1. The third-order valence-electron chi connectivity index (χ3n) is 3.28. The van der Waals surface area contributed by atoms with Crippen molar-refractivity contribution in [1.29, 1.82) is 0 Å². The van der Waals surface area contributed by atoms with Gasteiger partial charge in [-0.15, -0.1) is 0 Å². The molecule has 0 fully saturated rings. The highest BCUT2D eigenvalue weighted by Crippen LogP contribution is 2.30. The van der Waals surface area contributed by atoms with Crippen LogP contribution in [-0.4, -0.2) is 16.3 Å². The maximum absolute atomic E-state index is 13.5. The van der Waals surface area contributed by atoms with Gasteiger partial charge in [0.05, 0.1) is 26.9 Å². The third-order valence-corrected chi connectivity index (χ3v) is 4.50. The van der Waals surface area contributed by atoms with Crippen LogP contribution in [0.25, 0.3) is 0 Å². The van der Waals surface area contributed by atoms with Crippen molar-refractivity contribution in [3.8, 4) is 0 Å². The fourth-order valence-corrected chi connectivity index (χ4v) is 3.19. The molecule has 0 aliphatic carbocycles. The van der Waals surface area contributed by atoms with Gasteiger partial charge in [-0.3, -0.25) is 4.68 Å². The van der Waals surface area contributed by atoms with Crippen LogP contribution < -0.4 is 5.32 Å². The van der Waals surface area contributed by atoms with Crippen molar-refractivity contribution in [2.45, 2.75) is 32.9 Å². The smallest absolute Gasteiger partial charge is 0.137 e.